The van der Waals surface area contributed by atoms with Gasteiger partial charge in [-0.1, -0.05) is 40.5 Å². The third-order valence-electron chi connectivity index (χ3n) is 4.50. The lowest BCUT2D eigenvalue weighted by Gasteiger charge is -2.42. The second kappa shape index (κ2) is 7.37. The minimum atomic E-state index is -0.0595. The number of halogens is 2. The van der Waals surface area contributed by atoms with E-state index in [4.69, 9.17) is 5.73 Å². The molecule has 5 heteroatoms. The van der Waals surface area contributed by atoms with E-state index in [-0.39, 0.29) is 23.7 Å². The van der Waals surface area contributed by atoms with Crippen LogP contribution in [0, 0.1) is 0 Å². The van der Waals surface area contributed by atoms with Gasteiger partial charge in [-0.3, -0.25) is 4.79 Å². The number of carbonyl (C=O) groups excluding carboxylic acids is 1. The van der Waals surface area contributed by atoms with E-state index in [1.165, 1.54) is 12.0 Å². The van der Waals surface area contributed by atoms with Gasteiger partial charge in [-0.15, -0.1) is 12.4 Å². The summed E-state index contributed by atoms with van der Waals surface area (Å²) in [5.74, 6) is -0.0595. The summed E-state index contributed by atoms with van der Waals surface area (Å²) in [6.45, 7) is 0.669. The Morgan fingerprint density at radius 1 is 1.17 bits per heavy atom. The molecule has 2 aromatic carbocycles. The zero-order valence-corrected chi connectivity index (χ0v) is 15.1. The molecule has 0 saturated heterocycles. The van der Waals surface area contributed by atoms with Gasteiger partial charge in [-0.2, -0.15) is 0 Å². The first-order valence-corrected chi connectivity index (χ1v) is 8.28. The Hall–Kier alpha value is -1.52. The minimum Gasteiger partial charge on any atom is -0.399 e. The number of benzene rings is 2. The first-order chi connectivity index (χ1) is 10.6. The van der Waals surface area contributed by atoms with Crippen molar-refractivity contribution < 1.29 is 4.79 Å². The summed E-state index contributed by atoms with van der Waals surface area (Å²) in [7, 11) is 0. The van der Waals surface area contributed by atoms with Crippen molar-refractivity contribution in [3.8, 4) is 0 Å². The fourth-order valence-corrected chi connectivity index (χ4v) is 3.27. The minimum absolute atomic E-state index is 0. The molecule has 0 aliphatic heterocycles. The van der Waals surface area contributed by atoms with Gasteiger partial charge in [0.2, 0.25) is 0 Å². The molecular formula is C18H20BrClN2O. The first-order valence-electron chi connectivity index (χ1n) is 7.49. The van der Waals surface area contributed by atoms with Gasteiger partial charge in [-0.25, -0.2) is 0 Å². The molecule has 0 aromatic heterocycles. The van der Waals surface area contributed by atoms with Crippen molar-refractivity contribution in [2.45, 2.75) is 24.7 Å². The van der Waals surface area contributed by atoms with Crippen molar-refractivity contribution in [1.82, 2.24) is 5.32 Å². The first kappa shape index (κ1) is 17.8. The van der Waals surface area contributed by atoms with Crippen LogP contribution in [0.1, 0.15) is 35.2 Å². The molecule has 122 valence electrons. The number of nitrogens with two attached hydrogens (primary N) is 1. The molecule has 0 bridgehead atoms. The van der Waals surface area contributed by atoms with Gasteiger partial charge >= 0.3 is 0 Å². The van der Waals surface area contributed by atoms with Crippen molar-refractivity contribution >= 4 is 39.9 Å². The number of rotatable bonds is 4. The maximum absolute atomic E-state index is 12.3. The smallest absolute Gasteiger partial charge is 0.251 e. The zero-order valence-electron chi connectivity index (χ0n) is 12.7. The number of carbonyl (C=O) groups is 1. The van der Waals surface area contributed by atoms with Crippen LogP contribution in [0.3, 0.4) is 0 Å². The van der Waals surface area contributed by atoms with E-state index >= 15 is 0 Å². The van der Waals surface area contributed by atoms with E-state index in [1.807, 2.05) is 0 Å². The Morgan fingerprint density at radius 2 is 1.87 bits per heavy atom. The molecule has 1 fully saturated rings. The maximum atomic E-state index is 12.3. The number of amides is 1. The topological polar surface area (TPSA) is 55.1 Å². The molecule has 0 heterocycles. The van der Waals surface area contributed by atoms with E-state index in [0.29, 0.717) is 17.8 Å². The average Bonchev–Trinajstić information content (AvgIpc) is 2.47. The van der Waals surface area contributed by atoms with Gasteiger partial charge in [0.1, 0.15) is 0 Å². The molecule has 1 saturated carbocycles. The van der Waals surface area contributed by atoms with Crippen molar-refractivity contribution in [1.29, 1.82) is 0 Å². The molecule has 3 nitrogen and oxygen atoms in total. The third kappa shape index (κ3) is 3.88. The molecule has 0 radical (unpaired) electrons. The van der Waals surface area contributed by atoms with E-state index < -0.39 is 0 Å². The lowest BCUT2D eigenvalue weighted by Crippen LogP contribution is -2.45. The molecule has 0 unspecified atom stereocenters. The lowest BCUT2D eigenvalue weighted by atomic mass is 9.64. The van der Waals surface area contributed by atoms with E-state index in [2.05, 4.69) is 45.5 Å². The zero-order chi connectivity index (χ0) is 15.6. The fraction of sp³-hybridized carbons (Fsp3) is 0.278. The predicted molar refractivity (Wildman–Crippen MR) is 100 cm³/mol. The Kier molecular flexibility index (Phi) is 5.71. The summed E-state index contributed by atoms with van der Waals surface area (Å²) in [5.41, 5.74) is 8.34. The predicted octanol–water partition coefficient (Wildman–Crippen LogP) is 4.30. The highest BCUT2D eigenvalue weighted by molar-refractivity contribution is 9.10. The normalized spacial score (nSPS) is 15.2. The Labute approximate surface area is 151 Å². The summed E-state index contributed by atoms with van der Waals surface area (Å²) in [6.07, 6.45) is 3.45. The van der Waals surface area contributed by atoms with Crippen molar-refractivity contribution in [3.05, 3.63) is 64.1 Å². The van der Waals surface area contributed by atoms with Crippen LogP contribution < -0.4 is 11.1 Å². The van der Waals surface area contributed by atoms with E-state index in [0.717, 1.165) is 17.3 Å². The molecule has 1 aliphatic rings. The van der Waals surface area contributed by atoms with E-state index in [9.17, 15) is 4.79 Å². The quantitative estimate of drug-likeness (QED) is 0.758. The number of hydrogen-bond acceptors (Lipinski definition) is 2. The molecular weight excluding hydrogens is 376 g/mol. The van der Waals surface area contributed by atoms with Crippen molar-refractivity contribution in [2.24, 2.45) is 0 Å². The molecule has 1 amide bonds. The molecule has 3 N–H and O–H groups in total. The monoisotopic (exact) mass is 394 g/mol. The lowest BCUT2D eigenvalue weighted by molar-refractivity contribution is 0.0928. The standard InChI is InChI=1S/C18H19BrN2O.ClH/c19-15-7-5-14(6-8-15)18(9-2-10-18)12-21-17(22)13-3-1-4-16(20)11-13;/h1,3-8,11H,2,9-10,12,20H2,(H,21,22);1H. The van der Waals surface area contributed by atoms with Crippen molar-refractivity contribution in [2.75, 3.05) is 12.3 Å². The fourth-order valence-electron chi connectivity index (χ4n) is 3.01. The van der Waals surface area contributed by atoms with Crippen LogP contribution in [-0.4, -0.2) is 12.5 Å². The SMILES string of the molecule is Cl.Nc1cccc(C(=O)NCC2(c3ccc(Br)cc3)CCC2)c1. The highest BCUT2D eigenvalue weighted by atomic mass is 79.9. The van der Waals surface area contributed by atoms with Gasteiger partial charge in [0.15, 0.2) is 0 Å². The number of hydrogen-bond donors (Lipinski definition) is 2. The summed E-state index contributed by atoms with van der Waals surface area (Å²) in [6, 6.07) is 15.5. The molecule has 23 heavy (non-hydrogen) atoms. The average molecular weight is 396 g/mol. The number of anilines is 1. The van der Waals surface area contributed by atoms with Crippen LogP contribution in [0.25, 0.3) is 0 Å². The second-order valence-electron chi connectivity index (χ2n) is 5.95. The van der Waals surface area contributed by atoms with Crippen LogP contribution in [0.4, 0.5) is 5.69 Å². The largest absolute Gasteiger partial charge is 0.399 e. The molecule has 3 rings (SSSR count). The van der Waals surface area contributed by atoms with Gasteiger partial charge < -0.3 is 11.1 Å². The van der Waals surface area contributed by atoms with Crippen LogP contribution in [-0.2, 0) is 5.41 Å². The van der Waals surface area contributed by atoms with E-state index in [1.54, 1.807) is 24.3 Å². The molecule has 2 aromatic rings. The number of nitrogens with one attached hydrogen (secondary N) is 1. The summed E-state index contributed by atoms with van der Waals surface area (Å²) >= 11 is 3.47. The van der Waals surface area contributed by atoms with Gasteiger partial charge in [0.05, 0.1) is 0 Å². The summed E-state index contributed by atoms with van der Waals surface area (Å²) < 4.78 is 1.08. The second-order valence-corrected chi connectivity index (χ2v) is 6.86. The van der Waals surface area contributed by atoms with Gasteiger partial charge in [-0.05, 0) is 48.7 Å². The van der Waals surface area contributed by atoms with Gasteiger partial charge in [0, 0.05) is 27.7 Å². The van der Waals surface area contributed by atoms with Crippen molar-refractivity contribution in [3.63, 3.8) is 0 Å². The Balaban J connectivity index is 0.00000192. The highest BCUT2D eigenvalue weighted by Gasteiger charge is 2.38. The summed E-state index contributed by atoms with van der Waals surface area (Å²) in [4.78, 5) is 12.3. The van der Waals surface area contributed by atoms with Gasteiger partial charge in [0.25, 0.3) is 5.91 Å². The molecule has 1 aliphatic carbocycles. The van der Waals surface area contributed by atoms with Crippen LogP contribution >= 0.6 is 28.3 Å². The third-order valence-corrected chi connectivity index (χ3v) is 5.03. The number of nitrogen functional groups attached to an aromatic ring is 1. The van der Waals surface area contributed by atoms with Crippen LogP contribution in [0.5, 0.6) is 0 Å². The maximum Gasteiger partial charge on any atom is 0.251 e. The Morgan fingerprint density at radius 3 is 2.43 bits per heavy atom. The molecule has 0 spiro atoms. The molecule has 0 atom stereocenters. The summed E-state index contributed by atoms with van der Waals surface area (Å²) in [5, 5.41) is 3.08. The van der Waals surface area contributed by atoms with Crippen LogP contribution in [0.15, 0.2) is 53.0 Å². The highest BCUT2D eigenvalue weighted by Crippen LogP contribution is 2.43. The Bertz CT molecular complexity index is 684. The van der Waals surface area contributed by atoms with Crippen LogP contribution in [0.2, 0.25) is 0 Å².